The van der Waals surface area contributed by atoms with Gasteiger partial charge in [0.25, 0.3) is 0 Å². The van der Waals surface area contributed by atoms with E-state index in [1.165, 1.54) is 17.7 Å². The van der Waals surface area contributed by atoms with Crippen LogP contribution >= 0.6 is 0 Å². The molecule has 0 N–H and O–H groups in total. The van der Waals surface area contributed by atoms with Crippen LogP contribution in [0.4, 0.5) is 14.5 Å². The molecule has 0 radical (unpaired) electrons. The van der Waals surface area contributed by atoms with E-state index in [1.54, 1.807) is 0 Å². The SMILES string of the molecule is CCOC(=O)c1cn2c3c(c(F)c(F)c([N+](=O)[O-])c3c1=O)OCC21CCC1. The Kier molecular flexibility index (Phi) is 3.69. The third-order valence-corrected chi connectivity index (χ3v) is 5.22. The predicted molar refractivity (Wildman–Crippen MR) is 88.1 cm³/mol. The lowest BCUT2D eigenvalue weighted by molar-refractivity contribution is -0.386. The largest absolute Gasteiger partial charge is 0.486 e. The van der Waals surface area contributed by atoms with Crippen molar-refractivity contribution in [3.8, 4) is 5.75 Å². The van der Waals surface area contributed by atoms with Gasteiger partial charge >= 0.3 is 11.7 Å². The zero-order valence-electron chi connectivity index (χ0n) is 14.2. The highest BCUT2D eigenvalue weighted by molar-refractivity contribution is 5.99. The van der Waals surface area contributed by atoms with E-state index in [4.69, 9.17) is 9.47 Å². The molecule has 1 fully saturated rings. The highest BCUT2D eigenvalue weighted by Crippen LogP contribution is 2.48. The fourth-order valence-electron chi connectivity index (χ4n) is 3.75. The van der Waals surface area contributed by atoms with Crippen LogP contribution in [0.15, 0.2) is 11.0 Å². The molecule has 0 unspecified atom stereocenters. The van der Waals surface area contributed by atoms with E-state index >= 15 is 0 Å². The number of halogens is 2. The standard InChI is InChI=1S/C17H14F2N2O6/c1-2-26-16(23)8-6-20-13-9(14(8)22)12(21(24)25)10(18)11(19)15(13)27-7-17(20)4-3-5-17/h6H,2-5,7H2,1H3. The molecule has 0 atom stereocenters. The molecule has 142 valence electrons. The summed E-state index contributed by atoms with van der Waals surface area (Å²) < 4.78 is 40.5. The smallest absolute Gasteiger partial charge is 0.343 e. The summed E-state index contributed by atoms with van der Waals surface area (Å²) in [5, 5.41) is 10.7. The van der Waals surface area contributed by atoms with Gasteiger partial charge < -0.3 is 14.0 Å². The Labute approximate surface area is 150 Å². The van der Waals surface area contributed by atoms with E-state index in [1.807, 2.05) is 0 Å². The molecule has 1 aromatic carbocycles. The van der Waals surface area contributed by atoms with Crippen LogP contribution in [-0.2, 0) is 10.3 Å². The second-order valence-corrected chi connectivity index (χ2v) is 6.62. The normalized spacial score (nSPS) is 16.7. The molecule has 4 rings (SSSR count). The molecule has 1 spiro atoms. The number of carbonyl (C=O) groups excluding carboxylic acids is 1. The second-order valence-electron chi connectivity index (χ2n) is 6.62. The molecular weight excluding hydrogens is 366 g/mol. The fourth-order valence-corrected chi connectivity index (χ4v) is 3.75. The van der Waals surface area contributed by atoms with Gasteiger partial charge in [0.1, 0.15) is 23.1 Å². The summed E-state index contributed by atoms with van der Waals surface area (Å²) in [7, 11) is 0. The molecule has 0 amide bonds. The number of esters is 1. The second kappa shape index (κ2) is 5.73. The van der Waals surface area contributed by atoms with Gasteiger partial charge in [0.05, 0.1) is 17.1 Å². The van der Waals surface area contributed by atoms with Crippen molar-refractivity contribution in [2.75, 3.05) is 13.2 Å². The summed E-state index contributed by atoms with van der Waals surface area (Å²) in [6.45, 7) is 1.53. The molecule has 1 aliphatic carbocycles. The minimum absolute atomic E-state index is 0.00834. The van der Waals surface area contributed by atoms with Crippen LogP contribution in [0.25, 0.3) is 10.9 Å². The van der Waals surface area contributed by atoms with Gasteiger partial charge in [-0.3, -0.25) is 14.9 Å². The summed E-state index contributed by atoms with van der Waals surface area (Å²) in [6.07, 6.45) is 3.26. The van der Waals surface area contributed by atoms with E-state index in [0.717, 1.165) is 6.42 Å². The van der Waals surface area contributed by atoms with Crippen molar-refractivity contribution in [3.05, 3.63) is 43.7 Å². The van der Waals surface area contributed by atoms with Crippen LogP contribution in [0.5, 0.6) is 5.75 Å². The number of aromatic nitrogens is 1. The van der Waals surface area contributed by atoms with Crippen LogP contribution in [0, 0.1) is 21.7 Å². The van der Waals surface area contributed by atoms with Crippen molar-refractivity contribution in [1.29, 1.82) is 0 Å². The molecule has 2 aliphatic rings. The van der Waals surface area contributed by atoms with Gasteiger partial charge in [-0.2, -0.15) is 8.78 Å². The van der Waals surface area contributed by atoms with Crippen molar-refractivity contribution in [2.45, 2.75) is 31.7 Å². The van der Waals surface area contributed by atoms with Crippen molar-refractivity contribution in [2.24, 2.45) is 0 Å². The van der Waals surface area contributed by atoms with Crippen LogP contribution < -0.4 is 10.2 Å². The number of nitrogens with zero attached hydrogens (tertiary/aromatic N) is 2. The molecular formula is C17H14F2N2O6. The Morgan fingerprint density at radius 2 is 2.11 bits per heavy atom. The average molecular weight is 380 g/mol. The maximum Gasteiger partial charge on any atom is 0.343 e. The van der Waals surface area contributed by atoms with Crippen molar-refractivity contribution in [1.82, 2.24) is 4.57 Å². The first-order valence-corrected chi connectivity index (χ1v) is 8.37. The number of pyridine rings is 1. The average Bonchev–Trinajstić information content (AvgIpc) is 2.59. The Bertz CT molecular complexity index is 1070. The number of rotatable bonds is 3. The van der Waals surface area contributed by atoms with Crippen LogP contribution in [-0.4, -0.2) is 28.7 Å². The quantitative estimate of drug-likeness (QED) is 0.461. The van der Waals surface area contributed by atoms with Crippen molar-refractivity contribution >= 4 is 22.6 Å². The van der Waals surface area contributed by atoms with E-state index in [-0.39, 0.29) is 18.7 Å². The molecule has 8 nitrogen and oxygen atoms in total. The zero-order valence-corrected chi connectivity index (χ0v) is 14.2. The summed E-state index contributed by atoms with van der Waals surface area (Å²) in [6, 6.07) is 0. The Hall–Kier alpha value is -3.04. The summed E-state index contributed by atoms with van der Waals surface area (Å²) >= 11 is 0. The fraction of sp³-hybridized carbons (Fsp3) is 0.412. The minimum Gasteiger partial charge on any atom is -0.486 e. The van der Waals surface area contributed by atoms with Gasteiger partial charge in [-0.1, -0.05) is 0 Å². The first kappa shape index (κ1) is 17.4. The number of hydrogen-bond donors (Lipinski definition) is 0. The summed E-state index contributed by atoms with van der Waals surface area (Å²) in [5.74, 6) is -4.86. The molecule has 27 heavy (non-hydrogen) atoms. The van der Waals surface area contributed by atoms with Crippen LogP contribution in [0.1, 0.15) is 36.5 Å². The van der Waals surface area contributed by atoms with Gasteiger partial charge in [0, 0.05) is 6.20 Å². The number of nitro groups is 1. The molecule has 0 bridgehead atoms. The lowest BCUT2D eigenvalue weighted by atomic mass is 9.76. The summed E-state index contributed by atoms with van der Waals surface area (Å²) in [4.78, 5) is 35.3. The Balaban J connectivity index is 2.21. The molecule has 0 saturated heterocycles. The first-order valence-electron chi connectivity index (χ1n) is 8.37. The van der Waals surface area contributed by atoms with Crippen molar-refractivity contribution in [3.63, 3.8) is 0 Å². The van der Waals surface area contributed by atoms with E-state index < -0.39 is 55.9 Å². The van der Waals surface area contributed by atoms with Gasteiger partial charge in [-0.15, -0.1) is 0 Å². The molecule has 1 aliphatic heterocycles. The molecule has 1 aromatic heterocycles. The third kappa shape index (κ3) is 2.18. The lowest BCUT2D eigenvalue weighted by Gasteiger charge is -2.47. The van der Waals surface area contributed by atoms with Gasteiger partial charge in [0.15, 0.2) is 5.75 Å². The molecule has 1 saturated carbocycles. The number of carbonyl (C=O) groups is 1. The predicted octanol–water partition coefficient (Wildman–Crippen LogP) is 2.64. The van der Waals surface area contributed by atoms with Crippen molar-refractivity contribution < 1.29 is 28.0 Å². The molecule has 2 aromatic rings. The van der Waals surface area contributed by atoms with Gasteiger partial charge in [-0.25, -0.2) is 4.79 Å². The maximum atomic E-state index is 14.4. The van der Waals surface area contributed by atoms with Crippen LogP contribution in [0.3, 0.4) is 0 Å². The van der Waals surface area contributed by atoms with E-state index in [2.05, 4.69) is 0 Å². The number of ether oxygens (including phenoxy) is 2. The monoisotopic (exact) mass is 380 g/mol. The Morgan fingerprint density at radius 1 is 1.41 bits per heavy atom. The zero-order chi connectivity index (χ0) is 19.5. The number of fused-ring (bicyclic) bond motifs is 1. The van der Waals surface area contributed by atoms with Crippen LogP contribution in [0.2, 0.25) is 0 Å². The van der Waals surface area contributed by atoms with E-state index in [9.17, 15) is 28.5 Å². The summed E-state index contributed by atoms with van der Waals surface area (Å²) in [5.41, 5.74) is -3.73. The molecule has 10 heteroatoms. The topological polar surface area (TPSA) is 101 Å². The van der Waals surface area contributed by atoms with Gasteiger partial charge in [0.2, 0.25) is 17.1 Å². The highest BCUT2D eigenvalue weighted by atomic mass is 19.2. The number of benzene rings is 1. The maximum absolute atomic E-state index is 14.4. The number of nitro benzene ring substituents is 1. The minimum atomic E-state index is -1.79. The highest BCUT2D eigenvalue weighted by Gasteiger charge is 2.46. The first-order chi connectivity index (χ1) is 12.8. The Morgan fingerprint density at radius 3 is 2.67 bits per heavy atom. The lowest BCUT2D eigenvalue weighted by Crippen LogP contribution is -2.49. The molecule has 2 heterocycles. The van der Waals surface area contributed by atoms with Gasteiger partial charge in [-0.05, 0) is 26.2 Å². The van der Waals surface area contributed by atoms with E-state index in [0.29, 0.717) is 12.8 Å². The third-order valence-electron chi connectivity index (χ3n) is 5.22. The number of hydrogen-bond acceptors (Lipinski definition) is 6.